The number of carbonyl (C=O) groups is 17. The maximum atomic E-state index is 15.3. The quantitative estimate of drug-likeness (QED) is 0.0192. The lowest BCUT2D eigenvalue weighted by Gasteiger charge is -2.36. The number of pyridine rings is 2. The van der Waals surface area contributed by atoms with Crippen LogP contribution in [0.1, 0.15) is 84.9 Å². The Morgan fingerprint density at radius 2 is 0.648 bits per heavy atom. The van der Waals surface area contributed by atoms with Crippen LogP contribution in [0.3, 0.4) is 0 Å². The molecule has 9 rings (SSSR count). The number of halogens is 7. The number of aliphatic carboxylic acids is 9. The number of nitriles is 2. The fraction of sp³-hybridized carbons (Fsp3) is 0.589. The van der Waals surface area contributed by atoms with Gasteiger partial charge in [0.25, 0.3) is 23.7 Å². The molecule has 5 saturated heterocycles. The number of hydrogen-bond acceptors (Lipinski definition) is 31. The number of hydrogen-bond donors (Lipinski definition) is 11. The van der Waals surface area contributed by atoms with Crippen LogP contribution in [0.25, 0.3) is 21.8 Å². The van der Waals surface area contributed by atoms with Gasteiger partial charge in [0.05, 0.1) is 113 Å². The molecule has 2 aromatic carbocycles. The molecule has 55 heteroatoms. The Labute approximate surface area is 824 Å². The summed E-state index contributed by atoms with van der Waals surface area (Å²) in [6.45, 7) is -10.3. The minimum atomic E-state index is -5.08. The highest BCUT2D eigenvalue weighted by Gasteiger charge is 2.49. The highest BCUT2D eigenvalue weighted by atomic mass is 19.4. The largest absolute Gasteiger partial charge is 0.494 e. The van der Waals surface area contributed by atoms with E-state index >= 15 is 19.2 Å². The summed E-state index contributed by atoms with van der Waals surface area (Å²) in [5, 5.41) is 113. The van der Waals surface area contributed by atoms with Crippen LogP contribution in [0.5, 0.6) is 11.5 Å². The third kappa shape index (κ3) is 38.3. The molecule has 0 aliphatic carbocycles. The van der Waals surface area contributed by atoms with Crippen molar-refractivity contribution in [1.29, 1.82) is 10.5 Å². The van der Waals surface area contributed by atoms with E-state index in [9.17, 15) is 140 Å². The molecule has 794 valence electrons. The van der Waals surface area contributed by atoms with E-state index in [4.69, 9.17) is 19.4 Å². The topological polar surface area (TPSA) is 634 Å². The Kier molecular flexibility index (Phi) is 44.7. The molecular weight excluding hydrogens is 1940 g/mol. The van der Waals surface area contributed by atoms with Crippen molar-refractivity contribution in [2.45, 2.75) is 106 Å². The number of likely N-dealkylation sites (tertiary alicyclic amines) is 2. The Balaban J connectivity index is 0.00000353. The number of nitrogens with one attached hydrogen (secondary N) is 2. The van der Waals surface area contributed by atoms with E-state index in [2.05, 4.69) is 20.6 Å². The summed E-state index contributed by atoms with van der Waals surface area (Å²) in [4.78, 5) is 250. The Bertz CT molecular complexity index is 4970. The van der Waals surface area contributed by atoms with E-state index in [1.54, 1.807) is 12.1 Å². The maximum Gasteiger partial charge on any atom is 0.490 e. The van der Waals surface area contributed by atoms with Crippen molar-refractivity contribution in [2.24, 2.45) is 0 Å². The summed E-state index contributed by atoms with van der Waals surface area (Å²) in [5.74, 6) is -25.2. The van der Waals surface area contributed by atoms with E-state index < -0.39 is 247 Å². The molecule has 48 nitrogen and oxygen atoms in total. The highest BCUT2D eigenvalue weighted by molar-refractivity contribution is 6.08. The normalized spacial score (nSPS) is 19.0. The van der Waals surface area contributed by atoms with Crippen LogP contribution in [-0.4, -0.2) is 503 Å². The molecule has 2 aromatic heterocycles. The molecule has 0 spiro atoms. The molecule has 8 amide bonds. The first-order valence-electron chi connectivity index (χ1n) is 46.3. The summed E-state index contributed by atoms with van der Waals surface area (Å²) in [6, 6.07) is 9.21. The average Bonchev–Trinajstić information content (AvgIpc) is 1.76. The third-order valence-corrected chi connectivity index (χ3v) is 24.6. The number of nitrogens with zero attached hydrogens (tertiary/aromatic N) is 18. The zero-order chi connectivity index (χ0) is 107. The first-order chi connectivity index (χ1) is 68.6. The molecule has 11 N–H and O–H groups in total. The van der Waals surface area contributed by atoms with Gasteiger partial charge in [0.15, 0.2) is 0 Å². The first-order valence-corrected chi connectivity index (χ1v) is 46.3. The molecule has 5 aliphatic heterocycles. The van der Waals surface area contributed by atoms with Crippen molar-refractivity contribution in [3.63, 3.8) is 0 Å². The SMILES string of the molecule is N#C[C@@H]1CC(F)(F)CN1C(=O)CNC(=O)c1ccnc2ccc(OCCCC(=O)N3CCN(C(=O)CCC(C(=O)O)N4CCN(CC(=O)O)CCN(CC(=O)O)CCN(CC(=O)O)CC4)CCN(C(=O)CCCOc4ccc5nccc(C(=O)NCC(=O)N6CC(F)(F)C[C@H]6C#N)c5c4)CCN(C(=O)CCC(C(=O)O)N4CCN(CC(=O)O)CCN(CC(=O)O)CCN(CC(=O)O)CC4)CC3)cc12.O=C(O)C(F)(F)F. The second-order valence-corrected chi connectivity index (χ2v) is 35.0. The predicted molar refractivity (Wildman–Crippen MR) is 488 cm³/mol. The second kappa shape index (κ2) is 55.8. The molecule has 0 radical (unpaired) electrons. The van der Waals surface area contributed by atoms with E-state index in [1.165, 1.54) is 120 Å². The van der Waals surface area contributed by atoms with Crippen molar-refractivity contribution in [1.82, 2.24) is 89.2 Å². The fourth-order valence-electron chi connectivity index (χ4n) is 17.1. The van der Waals surface area contributed by atoms with Crippen LogP contribution in [0, 0.1) is 22.7 Å². The summed E-state index contributed by atoms with van der Waals surface area (Å²) in [7, 11) is 0. The first kappa shape index (κ1) is 116. The van der Waals surface area contributed by atoms with Crippen LogP contribution < -0.4 is 20.1 Å². The number of aromatic nitrogens is 2. The Morgan fingerprint density at radius 1 is 0.386 bits per heavy atom. The number of rotatable bonds is 38. The van der Waals surface area contributed by atoms with Gasteiger partial charge >= 0.3 is 59.9 Å². The monoisotopic (exact) mass is 2060 g/mol. The second-order valence-electron chi connectivity index (χ2n) is 35.0. The van der Waals surface area contributed by atoms with Gasteiger partial charge < -0.3 is 95.5 Å². The van der Waals surface area contributed by atoms with Crippen LogP contribution in [0.2, 0.25) is 0 Å². The van der Waals surface area contributed by atoms with E-state index in [0.29, 0.717) is 20.8 Å². The van der Waals surface area contributed by atoms with Crippen molar-refractivity contribution >= 4 is 123 Å². The number of amides is 8. The van der Waals surface area contributed by atoms with Crippen LogP contribution in [0.15, 0.2) is 60.9 Å². The van der Waals surface area contributed by atoms with Gasteiger partial charge in [-0.3, -0.25) is 126 Å². The Hall–Kier alpha value is -14.0. The summed E-state index contributed by atoms with van der Waals surface area (Å²) < 4.78 is 101. The highest BCUT2D eigenvalue weighted by Crippen LogP contribution is 2.34. The molecule has 4 aromatic rings. The van der Waals surface area contributed by atoms with Gasteiger partial charge in [0, 0.05) is 219 Å². The van der Waals surface area contributed by atoms with Gasteiger partial charge in [-0.1, -0.05) is 0 Å². The van der Waals surface area contributed by atoms with Crippen LogP contribution >= 0.6 is 0 Å². The molecule has 5 fully saturated rings. The number of ether oxygens (including phenoxy) is 2. The van der Waals surface area contributed by atoms with E-state index in [-0.39, 0.29) is 229 Å². The minimum absolute atomic E-state index is 0.00192. The fourth-order valence-corrected chi connectivity index (χ4v) is 17.1. The van der Waals surface area contributed by atoms with Gasteiger partial charge in [0.1, 0.15) is 35.7 Å². The standard InChI is InChI=1S/C88H116F4N20O26.C2HF3O2/c89-87(90)45-59(47-93)111(57-87)75(117)49-97-83(131)63-13-15-95-67-7-5-61(43-65(63)67)137-41-1-3-71(113)107-33-37-109(73(115)11-9-69(85(133)134)105-29-25-101(53-79(123)124)21-17-99(51-77(119)120)18-22-102(26-30-105)54-80(125)126)39-35-108(72(114)4-2-42-138-62-6-8-68-66(44-62)64(14-16-96-68)84(132)98-50-76(118)112-58-88(91,92)46-60(112)48-94)36-40-110(38-34-107)74(116)12-10-70(86(135)136)106-31-27-103(55-81(127)128)23-19-100(52-78(121)122)20-24-104(28-32-106)56-82(129)130;3-2(4,5)1(6)7/h5-8,13-16,43-44,59-60,69-70H,1-4,9-12,17-42,45-46,49-58H2,(H,97,131)(H,98,132)(H,119,120)(H,121,122)(H,123,124)(H,125,126)(H,127,128)(H,129,130)(H,133,134)(H,135,136);(H,6,7)/t59-,60-,69?,70?;/m0./s1. The van der Waals surface area contributed by atoms with E-state index in [1.807, 2.05) is 0 Å². The lowest BCUT2D eigenvalue weighted by atomic mass is 10.1. The smallest absolute Gasteiger partial charge is 0.490 e. The van der Waals surface area contributed by atoms with Crippen molar-refractivity contribution < 1.29 is 168 Å². The number of carboxylic acids is 9. The molecular formula is C90H117F7N20O28. The van der Waals surface area contributed by atoms with Crippen molar-refractivity contribution in [3.05, 3.63) is 72.1 Å². The molecule has 0 bridgehead atoms. The number of fused-ring (bicyclic) bond motifs is 2. The van der Waals surface area contributed by atoms with Gasteiger partial charge in [-0.05, 0) is 74.2 Å². The average molecular weight is 2060 g/mol. The van der Waals surface area contributed by atoms with Gasteiger partial charge in [0.2, 0.25) is 35.4 Å². The Morgan fingerprint density at radius 3 is 0.897 bits per heavy atom. The van der Waals surface area contributed by atoms with Gasteiger partial charge in [-0.25, -0.2) is 22.4 Å². The summed E-state index contributed by atoms with van der Waals surface area (Å²) >= 11 is 0. The van der Waals surface area contributed by atoms with Crippen LogP contribution in [0.4, 0.5) is 30.7 Å². The van der Waals surface area contributed by atoms with Gasteiger partial charge in [-0.2, -0.15) is 23.7 Å². The minimum Gasteiger partial charge on any atom is -0.494 e. The van der Waals surface area contributed by atoms with E-state index in [0.717, 1.165) is 0 Å². The number of carbonyl (C=O) groups excluding carboxylic acids is 8. The van der Waals surface area contributed by atoms with Crippen molar-refractivity contribution in [3.8, 4) is 23.6 Å². The number of benzene rings is 2. The van der Waals surface area contributed by atoms with Crippen molar-refractivity contribution in [2.75, 3.05) is 236 Å². The zero-order valence-corrected chi connectivity index (χ0v) is 79.1. The number of carboxylic acid groups (broad SMARTS) is 9. The molecule has 4 atom stereocenters. The summed E-state index contributed by atoms with van der Waals surface area (Å²) in [6.07, 6.45) is -6.70. The molecule has 5 aliphatic rings. The maximum absolute atomic E-state index is 15.3. The molecule has 7 heterocycles. The molecule has 145 heavy (non-hydrogen) atoms. The predicted octanol–water partition coefficient (Wildman–Crippen LogP) is -0.841. The third-order valence-electron chi connectivity index (χ3n) is 24.6. The lowest BCUT2D eigenvalue weighted by molar-refractivity contribution is -0.192. The lowest BCUT2D eigenvalue weighted by Crippen LogP contribution is -2.52. The summed E-state index contributed by atoms with van der Waals surface area (Å²) in [5.41, 5.74) is 0.582. The molecule has 0 saturated carbocycles. The van der Waals surface area contributed by atoms with Crippen LogP contribution in [-0.2, 0) is 71.9 Å². The molecule has 2 unspecified atom stereocenters. The number of alkyl halides is 7. The zero-order valence-electron chi connectivity index (χ0n) is 79.1. The van der Waals surface area contributed by atoms with Gasteiger partial charge in [-0.15, -0.1) is 0 Å².